The van der Waals surface area contributed by atoms with Gasteiger partial charge in [-0.3, -0.25) is 4.79 Å². The topological polar surface area (TPSA) is 52.9 Å². The van der Waals surface area contributed by atoms with E-state index in [1.165, 1.54) is 0 Å². The average molecular weight is 409 g/mol. The van der Waals surface area contributed by atoms with E-state index in [-0.39, 0.29) is 16.5 Å². The molecule has 4 nitrogen and oxygen atoms in total. The minimum atomic E-state index is -4.98. The van der Waals surface area contributed by atoms with Crippen molar-refractivity contribution in [1.29, 1.82) is 0 Å². The third-order valence-electron chi connectivity index (χ3n) is 3.99. The number of aliphatic hydroxyl groups is 1. The normalized spacial score (nSPS) is 20.4. The van der Waals surface area contributed by atoms with Gasteiger partial charge in [-0.25, -0.2) is 0 Å². The molecule has 0 saturated heterocycles. The Labute approximate surface area is 159 Å². The molecule has 1 atom stereocenters. The first-order valence-corrected chi connectivity index (χ1v) is 9.72. The number of hydrazone groups is 1. The highest BCUT2D eigenvalue weighted by Crippen LogP contribution is 2.41. The molecule has 2 rings (SSSR count). The van der Waals surface area contributed by atoms with Crippen molar-refractivity contribution in [3.05, 3.63) is 34.9 Å². The Hall–Kier alpha value is -1.25. The lowest BCUT2D eigenvalue weighted by molar-refractivity contribution is -0.301. The highest BCUT2D eigenvalue weighted by atomic mass is 35.5. The SMILES string of the molecule is CCCCC1=NN(C(=O)CSCc2ccccc2Cl)[C@@](O)(C(F)(F)F)C1. The molecule has 1 aliphatic heterocycles. The number of carbonyl (C=O) groups excluding carboxylic acids is 1. The molecule has 0 fully saturated rings. The molecule has 0 bridgehead atoms. The second-order valence-corrected chi connectivity index (χ2v) is 7.44. The Balaban J connectivity index is 2.05. The molecule has 26 heavy (non-hydrogen) atoms. The summed E-state index contributed by atoms with van der Waals surface area (Å²) in [5.41, 5.74) is -2.29. The molecule has 0 saturated carbocycles. The van der Waals surface area contributed by atoms with Gasteiger partial charge in [-0.2, -0.15) is 23.3 Å². The van der Waals surface area contributed by atoms with Crippen LogP contribution in [0.5, 0.6) is 0 Å². The minimum Gasteiger partial charge on any atom is -0.362 e. The van der Waals surface area contributed by atoms with E-state index in [1.807, 2.05) is 6.92 Å². The molecule has 1 aromatic rings. The van der Waals surface area contributed by atoms with E-state index in [1.54, 1.807) is 24.3 Å². The third kappa shape index (κ3) is 4.72. The highest BCUT2D eigenvalue weighted by Gasteiger charge is 2.62. The number of nitrogens with zero attached hydrogens (tertiary/aromatic N) is 2. The Kier molecular flexibility index (Phi) is 6.99. The van der Waals surface area contributed by atoms with Crippen LogP contribution < -0.4 is 0 Å². The maximum Gasteiger partial charge on any atom is 0.438 e. The summed E-state index contributed by atoms with van der Waals surface area (Å²) >= 11 is 7.14. The van der Waals surface area contributed by atoms with Crippen LogP contribution in [-0.2, 0) is 10.5 Å². The van der Waals surface area contributed by atoms with Crippen molar-refractivity contribution in [2.75, 3.05) is 5.75 Å². The number of hydrogen-bond acceptors (Lipinski definition) is 4. The second-order valence-electron chi connectivity index (χ2n) is 6.05. The van der Waals surface area contributed by atoms with Crippen LogP contribution in [0.25, 0.3) is 0 Å². The number of benzene rings is 1. The summed E-state index contributed by atoms with van der Waals surface area (Å²) in [4.78, 5) is 12.3. The number of rotatable bonds is 7. The van der Waals surface area contributed by atoms with Gasteiger partial charge in [-0.1, -0.05) is 43.1 Å². The predicted molar refractivity (Wildman–Crippen MR) is 97.0 cm³/mol. The number of hydrogen-bond donors (Lipinski definition) is 1. The number of carbonyl (C=O) groups is 1. The Morgan fingerprint density at radius 3 is 2.73 bits per heavy atom. The second kappa shape index (κ2) is 8.63. The lowest BCUT2D eigenvalue weighted by Crippen LogP contribution is -2.57. The van der Waals surface area contributed by atoms with Crippen molar-refractivity contribution >= 4 is 35.0 Å². The minimum absolute atomic E-state index is 0.191. The summed E-state index contributed by atoms with van der Waals surface area (Å²) in [6, 6.07) is 7.04. The van der Waals surface area contributed by atoms with Crippen molar-refractivity contribution in [2.45, 2.75) is 50.3 Å². The fraction of sp³-hybridized carbons (Fsp3) is 0.529. The van der Waals surface area contributed by atoms with Crippen molar-refractivity contribution in [3.63, 3.8) is 0 Å². The zero-order chi connectivity index (χ0) is 19.4. The lowest BCUT2D eigenvalue weighted by atomic mass is 10.0. The number of alkyl halides is 3. The first-order valence-electron chi connectivity index (χ1n) is 8.18. The van der Waals surface area contributed by atoms with E-state index in [9.17, 15) is 23.1 Å². The smallest absolute Gasteiger partial charge is 0.362 e. The van der Waals surface area contributed by atoms with Crippen LogP contribution in [0.2, 0.25) is 5.02 Å². The van der Waals surface area contributed by atoms with Crippen LogP contribution in [0, 0.1) is 0 Å². The van der Waals surface area contributed by atoms with Crippen molar-refractivity contribution in [1.82, 2.24) is 5.01 Å². The number of halogens is 4. The fourth-order valence-corrected chi connectivity index (χ4v) is 3.70. The van der Waals surface area contributed by atoms with Gasteiger partial charge in [0.2, 0.25) is 0 Å². The predicted octanol–water partition coefficient (Wildman–Crippen LogP) is 4.60. The molecule has 9 heteroatoms. The monoisotopic (exact) mass is 408 g/mol. The third-order valence-corrected chi connectivity index (χ3v) is 5.33. The quantitative estimate of drug-likeness (QED) is 0.717. The van der Waals surface area contributed by atoms with Gasteiger partial charge in [0, 0.05) is 22.9 Å². The molecule has 1 amide bonds. The van der Waals surface area contributed by atoms with E-state index >= 15 is 0 Å². The molecule has 0 spiro atoms. The Morgan fingerprint density at radius 2 is 2.12 bits per heavy atom. The average Bonchev–Trinajstić information content (AvgIpc) is 2.92. The maximum atomic E-state index is 13.3. The van der Waals surface area contributed by atoms with E-state index in [2.05, 4.69) is 5.10 Å². The van der Waals surface area contributed by atoms with Crippen LogP contribution >= 0.6 is 23.4 Å². The maximum absolute atomic E-state index is 13.3. The molecule has 1 aliphatic rings. The summed E-state index contributed by atoms with van der Waals surface area (Å²) in [6.45, 7) is 1.90. The van der Waals surface area contributed by atoms with E-state index < -0.39 is 24.2 Å². The molecule has 1 heterocycles. The first-order chi connectivity index (χ1) is 12.2. The number of thioether (sulfide) groups is 1. The molecular weight excluding hydrogens is 389 g/mol. The molecule has 0 radical (unpaired) electrons. The van der Waals surface area contributed by atoms with Gasteiger partial charge in [0.1, 0.15) is 0 Å². The summed E-state index contributed by atoms with van der Waals surface area (Å²) in [6.07, 6.45) is -3.92. The van der Waals surface area contributed by atoms with Crippen LogP contribution in [-0.4, -0.2) is 39.4 Å². The van der Waals surface area contributed by atoms with Gasteiger partial charge in [0.25, 0.3) is 11.6 Å². The summed E-state index contributed by atoms with van der Waals surface area (Å²) in [5.74, 6) is -0.752. The fourth-order valence-electron chi connectivity index (χ4n) is 2.55. The molecule has 0 aliphatic carbocycles. The largest absolute Gasteiger partial charge is 0.438 e. The van der Waals surface area contributed by atoms with Crippen molar-refractivity contribution in [2.24, 2.45) is 5.10 Å². The number of amides is 1. The van der Waals surface area contributed by atoms with Crippen LogP contribution in [0.1, 0.15) is 38.2 Å². The Bertz CT molecular complexity index is 684. The summed E-state index contributed by atoms with van der Waals surface area (Å²) in [7, 11) is 0. The molecule has 0 aromatic heterocycles. The van der Waals surface area contributed by atoms with Gasteiger partial charge < -0.3 is 5.11 Å². The van der Waals surface area contributed by atoms with Gasteiger partial charge in [-0.05, 0) is 24.5 Å². The van der Waals surface area contributed by atoms with Crippen LogP contribution in [0.4, 0.5) is 13.2 Å². The standard InChI is InChI=1S/C17H20ClF3N2O2S/c1-2-3-7-13-9-16(25,17(19,20)21)23(22-13)15(24)11-26-10-12-6-4-5-8-14(12)18/h4-6,8,25H,2-3,7,9-11H2,1H3/t16-/m0/s1. The Morgan fingerprint density at radius 1 is 1.42 bits per heavy atom. The summed E-state index contributed by atoms with van der Waals surface area (Å²) < 4.78 is 40.0. The first kappa shape index (κ1) is 21.1. The van der Waals surface area contributed by atoms with Crippen molar-refractivity contribution < 1.29 is 23.1 Å². The molecule has 1 N–H and O–H groups in total. The van der Waals surface area contributed by atoms with Gasteiger partial charge in [-0.15, -0.1) is 11.8 Å². The molecule has 144 valence electrons. The summed E-state index contributed by atoms with van der Waals surface area (Å²) in [5, 5.41) is 14.6. The lowest BCUT2D eigenvalue weighted by Gasteiger charge is -2.32. The zero-order valence-corrected chi connectivity index (χ0v) is 15.8. The molecule has 0 unspecified atom stereocenters. The van der Waals surface area contributed by atoms with E-state index in [0.717, 1.165) is 23.7 Å². The van der Waals surface area contributed by atoms with Crippen LogP contribution in [0.3, 0.4) is 0 Å². The van der Waals surface area contributed by atoms with Gasteiger partial charge >= 0.3 is 6.18 Å². The highest BCUT2D eigenvalue weighted by molar-refractivity contribution is 7.99. The van der Waals surface area contributed by atoms with Gasteiger partial charge in [0.15, 0.2) is 0 Å². The molecule has 1 aromatic carbocycles. The molecular formula is C17H20ClF3N2O2S. The van der Waals surface area contributed by atoms with Crippen LogP contribution in [0.15, 0.2) is 29.4 Å². The van der Waals surface area contributed by atoms with E-state index in [0.29, 0.717) is 23.6 Å². The van der Waals surface area contributed by atoms with Gasteiger partial charge in [0.05, 0.1) is 5.75 Å². The zero-order valence-electron chi connectivity index (χ0n) is 14.2. The van der Waals surface area contributed by atoms with Crippen molar-refractivity contribution in [3.8, 4) is 0 Å². The number of unbranched alkanes of at least 4 members (excludes halogenated alkanes) is 1. The van der Waals surface area contributed by atoms with E-state index in [4.69, 9.17) is 11.6 Å².